The van der Waals surface area contributed by atoms with Gasteiger partial charge in [-0.3, -0.25) is 19.7 Å². The first-order chi connectivity index (χ1) is 12.0. The molecule has 2 aromatic heterocycles. The third-order valence-electron chi connectivity index (χ3n) is 4.93. The fourth-order valence-electron chi connectivity index (χ4n) is 3.89. The molecule has 2 N–H and O–H groups in total. The van der Waals surface area contributed by atoms with Gasteiger partial charge >= 0.3 is 4.87 Å². The maximum absolute atomic E-state index is 12.5. The van der Waals surface area contributed by atoms with E-state index in [4.69, 9.17) is 0 Å². The number of carbonyl (C=O) groups excluding carboxylic acids is 2. The van der Waals surface area contributed by atoms with E-state index in [1.54, 1.807) is 0 Å². The molecular formula is C17H13N3O3S2. The van der Waals surface area contributed by atoms with E-state index >= 15 is 0 Å². The molecule has 5 rings (SSSR count). The van der Waals surface area contributed by atoms with Crippen molar-refractivity contribution in [3.63, 3.8) is 0 Å². The van der Waals surface area contributed by atoms with Crippen molar-refractivity contribution in [2.75, 3.05) is 0 Å². The molecule has 0 aliphatic carbocycles. The van der Waals surface area contributed by atoms with E-state index in [1.807, 2.05) is 42.1 Å². The molecular weight excluding hydrogens is 358 g/mol. The summed E-state index contributed by atoms with van der Waals surface area (Å²) >= 11 is 2.42. The molecule has 0 bridgehead atoms. The smallest absolute Gasteiger partial charge is 0.305 e. The van der Waals surface area contributed by atoms with Crippen LogP contribution in [0.15, 0.2) is 40.3 Å². The average Bonchev–Trinajstić information content (AvgIpc) is 3.21. The summed E-state index contributed by atoms with van der Waals surface area (Å²) in [5, 5.41) is 3.70. The molecule has 0 radical (unpaired) electrons. The van der Waals surface area contributed by atoms with Crippen molar-refractivity contribution in [3.8, 4) is 0 Å². The lowest BCUT2D eigenvalue weighted by Crippen LogP contribution is -2.31. The van der Waals surface area contributed by atoms with E-state index in [0.717, 1.165) is 32.7 Å². The molecule has 3 aromatic rings. The number of thiazole rings is 1. The van der Waals surface area contributed by atoms with Crippen molar-refractivity contribution in [2.45, 2.75) is 16.2 Å². The number of H-pyrrole nitrogens is 1. The van der Waals surface area contributed by atoms with Crippen LogP contribution < -0.4 is 10.2 Å². The second-order valence-corrected chi connectivity index (χ2v) is 8.48. The zero-order valence-electron chi connectivity index (χ0n) is 13.1. The number of hydrogen-bond donors (Lipinski definition) is 2. The summed E-state index contributed by atoms with van der Waals surface area (Å²) in [6.45, 7) is 0. The number of imide groups is 1. The Morgan fingerprint density at radius 1 is 1.12 bits per heavy atom. The van der Waals surface area contributed by atoms with Gasteiger partial charge in [-0.15, -0.1) is 0 Å². The van der Waals surface area contributed by atoms with Crippen LogP contribution in [0.2, 0.25) is 0 Å². The predicted molar refractivity (Wildman–Crippen MR) is 96.0 cm³/mol. The quantitative estimate of drug-likeness (QED) is 0.639. The van der Waals surface area contributed by atoms with Gasteiger partial charge in [0.15, 0.2) is 0 Å². The molecule has 4 heterocycles. The monoisotopic (exact) mass is 371 g/mol. The van der Waals surface area contributed by atoms with E-state index in [9.17, 15) is 14.4 Å². The van der Waals surface area contributed by atoms with Crippen LogP contribution in [0.5, 0.6) is 0 Å². The number of fused-ring (bicyclic) bond motifs is 3. The van der Waals surface area contributed by atoms with Crippen molar-refractivity contribution >= 4 is 45.8 Å². The molecule has 2 aliphatic heterocycles. The van der Waals surface area contributed by atoms with E-state index < -0.39 is 11.2 Å². The molecule has 2 aliphatic rings. The van der Waals surface area contributed by atoms with Gasteiger partial charge in [0.2, 0.25) is 11.8 Å². The van der Waals surface area contributed by atoms with Gasteiger partial charge in [0.1, 0.15) is 5.25 Å². The zero-order chi connectivity index (χ0) is 17.3. The zero-order valence-corrected chi connectivity index (χ0v) is 14.7. The van der Waals surface area contributed by atoms with Gasteiger partial charge < -0.3 is 9.55 Å². The number of rotatable bonds is 1. The van der Waals surface area contributed by atoms with Gasteiger partial charge in [0.25, 0.3) is 0 Å². The Labute approximate surface area is 150 Å². The summed E-state index contributed by atoms with van der Waals surface area (Å²) in [4.78, 5) is 40.2. The molecule has 1 aromatic carbocycles. The fraction of sp³-hybridized carbons (Fsp3) is 0.235. The summed E-state index contributed by atoms with van der Waals surface area (Å²) in [6.07, 6.45) is 2.01. The van der Waals surface area contributed by atoms with E-state index in [-0.39, 0.29) is 22.6 Å². The number of para-hydroxylation sites is 1. The van der Waals surface area contributed by atoms with Crippen molar-refractivity contribution in [1.29, 1.82) is 0 Å². The van der Waals surface area contributed by atoms with Crippen molar-refractivity contribution in [3.05, 3.63) is 50.6 Å². The number of carbonyl (C=O) groups is 2. The SMILES string of the molecule is Cn1cc([C@@H]2c3sc(=O)[nH]c3S[C@H]3C(=O)NC(=O)[C@H]23)c2ccccc21. The number of aryl methyl sites for hydroxylation is 1. The molecule has 2 amide bonds. The summed E-state index contributed by atoms with van der Waals surface area (Å²) in [7, 11) is 1.96. The van der Waals surface area contributed by atoms with Crippen LogP contribution in [0.4, 0.5) is 0 Å². The Hall–Kier alpha value is -2.32. The lowest BCUT2D eigenvalue weighted by molar-refractivity contribution is -0.125. The highest BCUT2D eigenvalue weighted by atomic mass is 32.2. The first-order valence-electron chi connectivity index (χ1n) is 7.83. The van der Waals surface area contributed by atoms with E-state index in [1.165, 1.54) is 11.8 Å². The highest BCUT2D eigenvalue weighted by molar-refractivity contribution is 8.00. The highest BCUT2D eigenvalue weighted by Gasteiger charge is 2.52. The Balaban J connectivity index is 1.81. The first-order valence-corrected chi connectivity index (χ1v) is 9.52. The number of nitrogens with one attached hydrogen (secondary N) is 2. The van der Waals surface area contributed by atoms with Crippen LogP contribution in [-0.2, 0) is 16.6 Å². The predicted octanol–water partition coefficient (Wildman–Crippen LogP) is 1.81. The van der Waals surface area contributed by atoms with Crippen LogP contribution >= 0.6 is 23.1 Å². The lowest BCUT2D eigenvalue weighted by atomic mass is 9.83. The van der Waals surface area contributed by atoms with Gasteiger partial charge in [-0.2, -0.15) is 0 Å². The maximum Gasteiger partial charge on any atom is 0.305 e. The van der Waals surface area contributed by atoms with Crippen LogP contribution in [0.3, 0.4) is 0 Å². The van der Waals surface area contributed by atoms with Gasteiger partial charge in [-0.1, -0.05) is 41.3 Å². The van der Waals surface area contributed by atoms with Gasteiger partial charge in [0, 0.05) is 34.9 Å². The number of aromatic amines is 1. The van der Waals surface area contributed by atoms with E-state index in [0.29, 0.717) is 5.03 Å². The minimum absolute atomic E-state index is 0.157. The third-order valence-corrected chi connectivity index (χ3v) is 7.34. The normalized spacial score (nSPS) is 25.1. The Morgan fingerprint density at radius 3 is 2.76 bits per heavy atom. The molecule has 0 spiro atoms. The Bertz CT molecular complexity index is 1110. The first kappa shape index (κ1) is 15.0. The standard InChI is InChI=1S/C17H13N3O3S2/c1-20-6-8(7-4-2-3-5-9(7)20)10-11-12(15(22)18-14(11)21)24-16-13(10)25-17(23)19-16/h2-6,10-12H,1H3,(H,19,23)(H,18,21,22)/t10-,11+,12+/m0/s1. The van der Waals surface area contributed by atoms with Crippen molar-refractivity contribution in [1.82, 2.24) is 14.9 Å². The molecule has 8 heteroatoms. The summed E-state index contributed by atoms with van der Waals surface area (Å²) in [6, 6.07) is 7.97. The molecule has 25 heavy (non-hydrogen) atoms. The Kier molecular flexibility index (Phi) is 3.05. The summed E-state index contributed by atoms with van der Waals surface area (Å²) < 4.78 is 2.02. The molecule has 0 unspecified atom stereocenters. The topological polar surface area (TPSA) is 84.0 Å². The minimum atomic E-state index is -0.505. The number of amides is 2. The molecule has 126 valence electrons. The van der Waals surface area contributed by atoms with Crippen LogP contribution in [-0.4, -0.2) is 26.6 Å². The van der Waals surface area contributed by atoms with Gasteiger partial charge in [0.05, 0.1) is 10.9 Å². The molecule has 0 saturated carbocycles. The van der Waals surface area contributed by atoms with Gasteiger partial charge in [-0.25, -0.2) is 0 Å². The van der Waals surface area contributed by atoms with Crippen molar-refractivity contribution in [2.24, 2.45) is 13.0 Å². The molecule has 3 atom stereocenters. The molecule has 6 nitrogen and oxygen atoms in total. The van der Waals surface area contributed by atoms with Crippen LogP contribution in [0, 0.1) is 5.92 Å². The number of nitrogens with zero attached hydrogens (tertiary/aromatic N) is 1. The fourth-order valence-corrected chi connectivity index (χ4v) is 6.37. The summed E-state index contributed by atoms with van der Waals surface area (Å²) in [5.74, 6) is -1.33. The van der Waals surface area contributed by atoms with Crippen LogP contribution in [0.1, 0.15) is 16.4 Å². The second kappa shape index (κ2) is 5.09. The third kappa shape index (κ3) is 2.01. The van der Waals surface area contributed by atoms with Crippen LogP contribution in [0.25, 0.3) is 10.9 Å². The van der Waals surface area contributed by atoms with Crippen molar-refractivity contribution < 1.29 is 9.59 Å². The summed E-state index contributed by atoms with van der Waals surface area (Å²) in [5.41, 5.74) is 2.04. The van der Waals surface area contributed by atoms with Gasteiger partial charge in [-0.05, 0) is 11.6 Å². The average molecular weight is 371 g/mol. The molecule has 1 fully saturated rings. The largest absolute Gasteiger partial charge is 0.350 e. The number of benzene rings is 1. The number of aromatic nitrogens is 2. The number of thioether (sulfide) groups is 1. The molecule has 1 saturated heterocycles. The highest BCUT2D eigenvalue weighted by Crippen LogP contribution is 2.52. The van der Waals surface area contributed by atoms with E-state index in [2.05, 4.69) is 10.3 Å². The lowest BCUT2D eigenvalue weighted by Gasteiger charge is -2.29. The number of hydrogen-bond acceptors (Lipinski definition) is 5. The second-order valence-electron chi connectivity index (χ2n) is 6.32. The maximum atomic E-state index is 12.5. The minimum Gasteiger partial charge on any atom is -0.350 e. The Morgan fingerprint density at radius 2 is 1.92 bits per heavy atom.